The molecule has 0 aliphatic carbocycles. The first-order chi connectivity index (χ1) is 11.6. The van der Waals surface area contributed by atoms with Crippen LogP contribution in [0.3, 0.4) is 0 Å². The van der Waals surface area contributed by atoms with E-state index in [2.05, 4.69) is 15.3 Å². The Labute approximate surface area is 142 Å². The number of hydrogen-bond acceptors (Lipinski definition) is 8. The van der Waals surface area contributed by atoms with Crippen molar-refractivity contribution in [2.45, 2.75) is 31.2 Å². The molecule has 3 aromatic heterocycles. The third-order valence-corrected chi connectivity index (χ3v) is 4.07. The highest BCUT2D eigenvalue weighted by molar-refractivity contribution is 7.98. The maximum Gasteiger partial charge on any atom is 0.341 e. The van der Waals surface area contributed by atoms with Crippen molar-refractivity contribution in [3.63, 3.8) is 0 Å². The number of rotatable bonds is 6. The van der Waals surface area contributed by atoms with E-state index in [0.717, 1.165) is 17.1 Å². The minimum absolute atomic E-state index is 0.0278. The van der Waals surface area contributed by atoms with Crippen LogP contribution in [0.4, 0.5) is 0 Å². The van der Waals surface area contributed by atoms with Crippen molar-refractivity contribution < 1.29 is 18.6 Å². The summed E-state index contributed by atoms with van der Waals surface area (Å²) < 4.78 is 15.4. The van der Waals surface area contributed by atoms with E-state index >= 15 is 0 Å². The van der Waals surface area contributed by atoms with E-state index in [9.17, 15) is 4.79 Å². The smallest absolute Gasteiger partial charge is 0.341 e. The van der Waals surface area contributed by atoms with Gasteiger partial charge in [-0.25, -0.2) is 9.78 Å². The van der Waals surface area contributed by atoms with Gasteiger partial charge in [0.25, 0.3) is 0 Å². The molecular weight excluding hydrogens is 330 g/mol. The van der Waals surface area contributed by atoms with Crippen LogP contribution in [0, 0.1) is 13.8 Å². The second-order valence-electron chi connectivity index (χ2n) is 5.09. The lowest BCUT2D eigenvalue weighted by molar-refractivity contribution is 0.0432. The number of carbonyl (C=O) groups excluding carboxylic acids is 1. The van der Waals surface area contributed by atoms with Gasteiger partial charge in [-0.3, -0.25) is 0 Å². The van der Waals surface area contributed by atoms with E-state index in [1.165, 1.54) is 11.8 Å². The summed E-state index contributed by atoms with van der Waals surface area (Å²) in [4.78, 5) is 16.5. The number of esters is 1. The van der Waals surface area contributed by atoms with Crippen LogP contribution < -0.4 is 0 Å². The summed E-state index contributed by atoms with van der Waals surface area (Å²) in [6.45, 7) is 3.68. The van der Waals surface area contributed by atoms with Gasteiger partial charge in [0.1, 0.15) is 10.8 Å². The molecule has 3 heterocycles. The van der Waals surface area contributed by atoms with Crippen LogP contribution in [0.5, 0.6) is 0 Å². The lowest BCUT2D eigenvalue weighted by Crippen LogP contribution is -2.07. The molecule has 0 spiro atoms. The highest BCUT2D eigenvalue weighted by atomic mass is 32.2. The molecule has 0 radical (unpaired) electrons. The number of carbonyl (C=O) groups is 1. The van der Waals surface area contributed by atoms with Crippen LogP contribution in [0.1, 0.15) is 33.3 Å². The topological polar surface area (TPSA) is 91.2 Å². The summed E-state index contributed by atoms with van der Waals surface area (Å²) in [6, 6.07) is 6.94. The Kier molecular flexibility index (Phi) is 4.95. The summed E-state index contributed by atoms with van der Waals surface area (Å²) >= 11 is 1.39. The molecule has 0 atom stereocenters. The van der Waals surface area contributed by atoms with Gasteiger partial charge in [-0.15, -0.1) is 0 Å². The van der Waals surface area contributed by atoms with Crippen molar-refractivity contribution in [3.8, 4) is 0 Å². The van der Waals surface area contributed by atoms with Crippen LogP contribution in [0.2, 0.25) is 0 Å². The summed E-state index contributed by atoms with van der Waals surface area (Å²) in [5.74, 6) is 1.28. The number of aryl methyl sites for hydroxylation is 2. The lowest BCUT2D eigenvalue weighted by Gasteiger charge is -2.06. The van der Waals surface area contributed by atoms with Gasteiger partial charge in [0.15, 0.2) is 12.4 Å². The molecule has 0 aliphatic rings. The first kappa shape index (κ1) is 16.3. The Hall–Kier alpha value is -2.61. The van der Waals surface area contributed by atoms with Gasteiger partial charge in [-0.05, 0) is 26.0 Å². The van der Waals surface area contributed by atoms with Crippen LogP contribution in [0.25, 0.3) is 0 Å². The van der Waals surface area contributed by atoms with E-state index in [0.29, 0.717) is 22.1 Å². The SMILES string of the molecule is Cc1cc(COC(=O)c2cccnc2SCc2cc(C)no2)on1. The Balaban J connectivity index is 1.65. The molecule has 0 fully saturated rings. The van der Waals surface area contributed by atoms with Gasteiger partial charge in [0.05, 0.1) is 22.7 Å². The minimum Gasteiger partial charge on any atom is -0.454 e. The maximum absolute atomic E-state index is 12.3. The van der Waals surface area contributed by atoms with Crippen molar-refractivity contribution >= 4 is 17.7 Å². The van der Waals surface area contributed by atoms with Gasteiger partial charge in [0.2, 0.25) is 0 Å². The van der Waals surface area contributed by atoms with Gasteiger partial charge in [0, 0.05) is 18.3 Å². The average molecular weight is 345 g/mol. The minimum atomic E-state index is -0.464. The second-order valence-corrected chi connectivity index (χ2v) is 6.05. The van der Waals surface area contributed by atoms with E-state index < -0.39 is 5.97 Å². The van der Waals surface area contributed by atoms with Gasteiger partial charge in [-0.2, -0.15) is 0 Å². The highest BCUT2D eigenvalue weighted by Crippen LogP contribution is 2.25. The fourth-order valence-corrected chi connectivity index (χ4v) is 2.84. The molecule has 0 aliphatic heterocycles. The van der Waals surface area contributed by atoms with Gasteiger partial charge >= 0.3 is 5.97 Å². The zero-order valence-electron chi connectivity index (χ0n) is 13.2. The molecule has 0 aromatic carbocycles. The number of ether oxygens (including phenoxy) is 1. The quantitative estimate of drug-likeness (QED) is 0.496. The number of pyridine rings is 1. The van der Waals surface area contributed by atoms with Crippen LogP contribution >= 0.6 is 11.8 Å². The van der Waals surface area contributed by atoms with Crippen molar-refractivity contribution in [3.05, 3.63) is 58.9 Å². The van der Waals surface area contributed by atoms with E-state index in [4.69, 9.17) is 13.8 Å². The highest BCUT2D eigenvalue weighted by Gasteiger charge is 2.16. The van der Waals surface area contributed by atoms with Gasteiger partial charge < -0.3 is 13.8 Å². The summed E-state index contributed by atoms with van der Waals surface area (Å²) in [7, 11) is 0. The molecule has 0 N–H and O–H groups in total. The van der Waals surface area contributed by atoms with E-state index in [1.807, 2.05) is 13.0 Å². The molecule has 0 unspecified atom stereocenters. The summed E-state index contributed by atoms with van der Waals surface area (Å²) in [6.07, 6.45) is 1.63. The van der Waals surface area contributed by atoms with Crippen molar-refractivity contribution in [2.75, 3.05) is 0 Å². The second kappa shape index (κ2) is 7.31. The predicted octanol–water partition coefficient (Wildman–Crippen LogP) is 3.32. The molecule has 3 rings (SSSR count). The Morgan fingerprint density at radius 1 is 1.17 bits per heavy atom. The Morgan fingerprint density at radius 2 is 1.88 bits per heavy atom. The van der Waals surface area contributed by atoms with Crippen molar-refractivity contribution in [1.82, 2.24) is 15.3 Å². The molecule has 24 heavy (non-hydrogen) atoms. The summed E-state index contributed by atoms with van der Waals surface area (Å²) in [5.41, 5.74) is 1.95. The molecule has 124 valence electrons. The van der Waals surface area contributed by atoms with Crippen LogP contribution in [-0.2, 0) is 17.1 Å². The number of hydrogen-bond donors (Lipinski definition) is 0. The monoisotopic (exact) mass is 345 g/mol. The van der Waals surface area contributed by atoms with Crippen molar-refractivity contribution in [2.24, 2.45) is 0 Å². The van der Waals surface area contributed by atoms with Gasteiger partial charge in [-0.1, -0.05) is 22.1 Å². The molecular formula is C16H15N3O4S. The maximum atomic E-state index is 12.3. The molecule has 0 saturated carbocycles. The van der Waals surface area contributed by atoms with Crippen LogP contribution in [-0.4, -0.2) is 21.3 Å². The first-order valence-electron chi connectivity index (χ1n) is 7.21. The molecule has 7 nitrogen and oxygen atoms in total. The van der Waals surface area contributed by atoms with E-state index in [1.54, 1.807) is 31.3 Å². The third-order valence-electron chi connectivity index (χ3n) is 3.04. The fourth-order valence-electron chi connectivity index (χ4n) is 1.98. The zero-order chi connectivity index (χ0) is 16.9. The largest absolute Gasteiger partial charge is 0.454 e. The average Bonchev–Trinajstić information content (AvgIpc) is 3.19. The summed E-state index contributed by atoms with van der Waals surface area (Å²) in [5, 5.41) is 8.16. The normalized spacial score (nSPS) is 10.8. The van der Waals surface area contributed by atoms with E-state index in [-0.39, 0.29) is 6.61 Å². The fraction of sp³-hybridized carbons (Fsp3) is 0.250. The van der Waals surface area contributed by atoms with Crippen molar-refractivity contribution in [1.29, 1.82) is 0 Å². The zero-order valence-corrected chi connectivity index (χ0v) is 14.0. The van der Waals surface area contributed by atoms with Crippen LogP contribution in [0.15, 0.2) is 44.5 Å². The third kappa shape index (κ3) is 4.02. The molecule has 8 heteroatoms. The first-order valence-corrected chi connectivity index (χ1v) is 8.19. The molecule has 0 bridgehead atoms. The molecule has 0 saturated heterocycles. The molecule has 0 amide bonds. The predicted molar refractivity (Wildman–Crippen MR) is 85.4 cm³/mol. The number of thioether (sulfide) groups is 1. The Morgan fingerprint density at radius 3 is 2.54 bits per heavy atom. The Bertz CT molecular complexity index is 843. The number of nitrogens with zero attached hydrogens (tertiary/aromatic N) is 3. The number of aromatic nitrogens is 3. The molecule has 3 aromatic rings. The standard InChI is InChI=1S/C16H15N3O4S/c1-10-6-12(22-18-10)8-21-16(20)14-4-3-5-17-15(14)24-9-13-7-11(2)19-23-13/h3-7H,8-9H2,1-2H3. The lowest BCUT2D eigenvalue weighted by atomic mass is 10.3.